The number of halogens is 1. The molecule has 3 saturated heterocycles. The number of piperidine rings is 1. The average molecular weight is 639 g/mol. The molecule has 3 fully saturated rings. The van der Waals surface area contributed by atoms with E-state index in [9.17, 15) is 14.7 Å². The maximum absolute atomic E-state index is 16.1. The van der Waals surface area contributed by atoms with E-state index in [1.54, 1.807) is 25.1 Å². The first-order valence-electron chi connectivity index (χ1n) is 16.4. The summed E-state index contributed by atoms with van der Waals surface area (Å²) < 4.78 is 28.7. The normalized spacial score (nSPS) is 27.1. The van der Waals surface area contributed by atoms with Crippen LogP contribution < -0.4 is 19.9 Å². The predicted molar refractivity (Wildman–Crippen MR) is 175 cm³/mol. The Kier molecular flexibility index (Phi) is 8.99. The van der Waals surface area contributed by atoms with E-state index in [1.807, 2.05) is 48.2 Å². The van der Waals surface area contributed by atoms with Gasteiger partial charge in [0.25, 0.3) is 5.91 Å². The molecule has 0 aromatic heterocycles. The highest BCUT2D eigenvalue weighted by Crippen LogP contribution is 2.49. The van der Waals surface area contributed by atoms with Crippen LogP contribution in [0.15, 0.2) is 48.5 Å². The molecule has 1 spiro atoms. The summed E-state index contributed by atoms with van der Waals surface area (Å²) in [4.78, 5) is 33.5. The van der Waals surface area contributed by atoms with Gasteiger partial charge >= 0.3 is 0 Å². The van der Waals surface area contributed by atoms with Crippen molar-refractivity contribution >= 4 is 31.6 Å². The number of methoxy groups -OCH3 is 1. The van der Waals surface area contributed by atoms with E-state index < -0.39 is 31.7 Å². The number of benzene rings is 2. The Hall–Kier alpha value is -2.99. The van der Waals surface area contributed by atoms with Crippen LogP contribution in [0.25, 0.3) is 0 Å². The third kappa shape index (κ3) is 5.77. The molecule has 0 radical (unpaired) electrons. The summed E-state index contributed by atoms with van der Waals surface area (Å²) in [7, 11) is -1.73. The third-order valence-corrected chi connectivity index (χ3v) is 12.9. The molecular formula is C34H47FN4O5Si. The number of hydrogen-bond donors (Lipinski definition) is 2. The lowest BCUT2D eigenvalue weighted by molar-refractivity contribution is -0.133. The SMILES string of the molecule is CO[C@@H]1c2cc(N3CN(c4ccccc4)C4(CCNCC4)C3=O)ccc2O[C@H](C(CC(=O)N2CCC[C@H]2CO)[Si](C)(C)F)[C@H]1C. The van der Waals surface area contributed by atoms with Gasteiger partial charge in [-0.1, -0.05) is 25.1 Å². The number of amides is 2. The van der Waals surface area contributed by atoms with Gasteiger partial charge in [0.2, 0.25) is 14.3 Å². The first kappa shape index (κ1) is 32.0. The molecule has 2 aromatic carbocycles. The Labute approximate surface area is 266 Å². The second kappa shape index (κ2) is 12.7. The van der Waals surface area contributed by atoms with E-state index in [-0.39, 0.29) is 36.8 Å². The van der Waals surface area contributed by atoms with Gasteiger partial charge in [0, 0.05) is 48.5 Å². The van der Waals surface area contributed by atoms with Gasteiger partial charge in [-0.15, -0.1) is 0 Å². The van der Waals surface area contributed by atoms with Crippen molar-refractivity contribution in [3.63, 3.8) is 0 Å². The number of rotatable bonds is 8. The van der Waals surface area contributed by atoms with E-state index in [4.69, 9.17) is 9.47 Å². The van der Waals surface area contributed by atoms with Crippen molar-refractivity contribution in [1.82, 2.24) is 10.2 Å². The summed E-state index contributed by atoms with van der Waals surface area (Å²) in [5.74, 6) is 0.331. The number of hydrogen-bond acceptors (Lipinski definition) is 7. The van der Waals surface area contributed by atoms with E-state index in [2.05, 4.69) is 22.3 Å². The van der Waals surface area contributed by atoms with Crippen molar-refractivity contribution in [2.45, 2.75) is 81.5 Å². The van der Waals surface area contributed by atoms with Crippen LogP contribution in [0.3, 0.4) is 0 Å². The summed E-state index contributed by atoms with van der Waals surface area (Å²) in [6, 6.07) is 15.7. The van der Waals surface area contributed by atoms with Gasteiger partial charge in [0.1, 0.15) is 17.4 Å². The van der Waals surface area contributed by atoms with Gasteiger partial charge in [0.05, 0.1) is 25.4 Å². The Morgan fingerprint density at radius 3 is 2.58 bits per heavy atom. The van der Waals surface area contributed by atoms with E-state index in [1.165, 1.54) is 0 Å². The molecule has 9 nitrogen and oxygen atoms in total. The van der Waals surface area contributed by atoms with Crippen LogP contribution in [-0.4, -0.2) is 87.9 Å². The fourth-order valence-corrected chi connectivity index (χ4v) is 9.92. The van der Waals surface area contributed by atoms with Crippen molar-refractivity contribution in [3.05, 3.63) is 54.1 Å². The maximum atomic E-state index is 16.1. The summed E-state index contributed by atoms with van der Waals surface area (Å²) in [6.45, 7) is 7.80. The van der Waals surface area contributed by atoms with Crippen molar-refractivity contribution in [1.29, 1.82) is 0 Å². The summed E-state index contributed by atoms with van der Waals surface area (Å²) in [5.41, 5.74) is 1.43. The van der Waals surface area contributed by atoms with Crippen LogP contribution in [-0.2, 0) is 14.3 Å². The van der Waals surface area contributed by atoms with Crippen molar-refractivity contribution < 1.29 is 28.3 Å². The lowest BCUT2D eigenvalue weighted by atomic mass is 9.85. The van der Waals surface area contributed by atoms with Crippen LogP contribution in [0.2, 0.25) is 18.6 Å². The quantitative estimate of drug-likeness (QED) is 0.322. The molecule has 0 bridgehead atoms. The van der Waals surface area contributed by atoms with Gasteiger partial charge in [-0.25, -0.2) is 0 Å². The highest BCUT2D eigenvalue weighted by Gasteiger charge is 2.54. The lowest BCUT2D eigenvalue weighted by Gasteiger charge is -2.43. The van der Waals surface area contributed by atoms with E-state index in [0.717, 1.165) is 55.7 Å². The first-order valence-corrected chi connectivity index (χ1v) is 19.3. The number of carbonyl (C=O) groups excluding carboxylic acids is 2. The zero-order chi connectivity index (χ0) is 31.9. The zero-order valence-corrected chi connectivity index (χ0v) is 27.9. The standard InChI is InChI=1S/C34H47FN4O5Si/c1-23-31(43-2)27-19-25(38-22-39(24-9-6-5-7-10-24)34(33(38)42)14-16-36-17-15-34)12-13-28(27)44-32(23)29(45(3,4)35)20-30(41)37-18-8-11-26(37)21-40/h5-7,9-10,12-13,19,23,26,29,31-32,36,40H,8,11,14-18,20-22H2,1-4H3/t23-,26-,29?,31-,32-/m0/s1. The Bertz CT molecular complexity index is 1380. The first-order chi connectivity index (χ1) is 21.6. The van der Waals surface area contributed by atoms with Gasteiger partial charge in [-0.2, -0.15) is 0 Å². The average Bonchev–Trinajstić information content (AvgIpc) is 3.63. The smallest absolute Gasteiger partial charge is 0.254 e. The fraction of sp³-hybridized carbons (Fsp3) is 0.588. The summed E-state index contributed by atoms with van der Waals surface area (Å²) in [5, 5.41) is 13.2. The maximum Gasteiger partial charge on any atom is 0.254 e. The largest absolute Gasteiger partial charge is 0.490 e. The summed E-state index contributed by atoms with van der Waals surface area (Å²) in [6.07, 6.45) is 2.14. The lowest BCUT2D eigenvalue weighted by Crippen LogP contribution is -2.55. The highest BCUT2D eigenvalue weighted by molar-refractivity contribution is 6.72. The topological polar surface area (TPSA) is 94.6 Å². The molecule has 244 valence electrons. The highest BCUT2D eigenvalue weighted by atomic mass is 28.4. The number of carbonyl (C=O) groups is 2. The van der Waals surface area contributed by atoms with Crippen molar-refractivity contribution in [3.8, 4) is 5.75 Å². The van der Waals surface area contributed by atoms with Gasteiger partial charge < -0.3 is 33.8 Å². The van der Waals surface area contributed by atoms with Gasteiger partial charge in [-0.3, -0.25) is 14.5 Å². The number of nitrogens with one attached hydrogen (secondary N) is 1. The number of likely N-dealkylation sites (tertiary alicyclic amines) is 1. The number of nitrogens with zero attached hydrogens (tertiary/aromatic N) is 3. The Morgan fingerprint density at radius 1 is 1.18 bits per heavy atom. The predicted octanol–water partition coefficient (Wildman–Crippen LogP) is 4.62. The number of para-hydroxylation sites is 1. The summed E-state index contributed by atoms with van der Waals surface area (Å²) >= 11 is 0. The van der Waals surface area contributed by atoms with Crippen LogP contribution >= 0.6 is 0 Å². The Morgan fingerprint density at radius 2 is 1.91 bits per heavy atom. The number of fused-ring (bicyclic) bond motifs is 1. The molecule has 11 heteroatoms. The van der Waals surface area contributed by atoms with Crippen LogP contribution in [0, 0.1) is 5.92 Å². The molecule has 6 rings (SSSR count). The van der Waals surface area contributed by atoms with Crippen molar-refractivity contribution in [2.24, 2.45) is 5.92 Å². The Balaban J connectivity index is 1.29. The second-order valence-corrected chi connectivity index (χ2v) is 17.6. The zero-order valence-electron chi connectivity index (χ0n) is 26.9. The van der Waals surface area contributed by atoms with Gasteiger partial charge in [-0.05, 0) is 82.2 Å². The van der Waals surface area contributed by atoms with Crippen LogP contribution in [0.5, 0.6) is 5.75 Å². The molecule has 4 aliphatic rings. The molecule has 2 amide bonds. The molecular weight excluding hydrogens is 591 g/mol. The molecule has 2 aromatic rings. The van der Waals surface area contributed by atoms with Crippen molar-refractivity contribution in [2.75, 3.05) is 49.8 Å². The minimum atomic E-state index is -3.38. The van der Waals surface area contributed by atoms with E-state index >= 15 is 4.11 Å². The van der Waals surface area contributed by atoms with E-state index in [0.29, 0.717) is 19.0 Å². The number of aliphatic hydroxyl groups is 1. The van der Waals surface area contributed by atoms with Gasteiger partial charge in [0.15, 0.2) is 0 Å². The molecule has 1 unspecified atom stereocenters. The molecule has 0 aliphatic carbocycles. The molecule has 2 N–H and O–H groups in total. The molecule has 45 heavy (non-hydrogen) atoms. The third-order valence-electron chi connectivity index (χ3n) is 10.6. The minimum absolute atomic E-state index is 0.0413. The molecule has 4 heterocycles. The number of anilines is 2. The molecule has 5 atom stereocenters. The second-order valence-electron chi connectivity index (χ2n) is 13.7. The molecule has 4 aliphatic heterocycles. The fourth-order valence-electron chi connectivity index (χ4n) is 8.11. The van der Waals surface area contributed by atoms with Crippen LogP contribution in [0.1, 0.15) is 50.7 Å². The number of aliphatic hydroxyl groups excluding tert-OH is 1. The van der Waals surface area contributed by atoms with Crippen LogP contribution in [0.4, 0.5) is 15.5 Å². The monoisotopic (exact) mass is 638 g/mol. The minimum Gasteiger partial charge on any atom is -0.490 e. The number of ether oxygens (including phenoxy) is 2. The molecule has 0 saturated carbocycles.